The molecule has 0 aromatic rings. The number of hydrogen-bond donors (Lipinski definition) is 2. The Kier molecular flexibility index (Phi) is 7.06. The third kappa shape index (κ3) is 4.99. The molecule has 0 saturated carbocycles. The highest BCUT2D eigenvalue weighted by atomic mass is 16.5. The summed E-state index contributed by atoms with van der Waals surface area (Å²) in [5.41, 5.74) is 0.00940. The molecule has 4 heteroatoms. The Morgan fingerprint density at radius 1 is 1.57 bits per heavy atom. The van der Waals surface area contributed by atoms with Crippen LogP contribution in [-0.2, 0) is 9.53 Å². The molecule has 1 unspecified atom stereocenters. The SMILES string of the molecule is C=C(C(=O)OCCCC)C(O)CCO. The van der Waals surface area contributed by atoms with Crippen LogP contribution in [0.1, 0.15) is 26.2 Å². The Morgan fingerprint density at radius 2 is 2.21 bits per heavy atom. The van der Waals surface area contributed by atoms with Crippen molar-refractivity contribution in [1.29, 1.82) is 0 Å². The number of unbranched alkanes of at least 4 members (excludes halogenated alkanes) is 1. The van der Waals surface area contributed by atoms with E-state index in [1.54, 1.807) is 0 Å². The molecule has 14 heavy (non-hydrogen) atoms. The first kappa shape index (κ1) is 13.1. The molecule has 0 rings (SSSR count). The standard InChI is InChI=1S/C10H18O4/c1-3-4-7-14-10(13)8(2)9(12)5-6-11/h9,11-12H,2-7H2,1H3. The van der Waals surface area contributed by atoms with Crippen molar-refractivity contribution in [3.63, 3.8) is 0 Å². The van der Waals surface area contributed by atoms with Crippen LogP contribution < -0.4 is 0 Å². The Hall–Kier alpha value is -0.870. The fourth-order valence-corrected chi connectivity index (χ4v) is 0.834. The number of carbonyl (C=O) groups excluding carboxylic acids is 1. The molecule has 1 atom stereocenters. The molecule has 0 aliphatic carbocycles. The van der Waals surface area contributed by atoms with Crippen molar-refractivity contribution in [2.24, 2.45) is 0 Å². The van der Waals surface area contributed by atoms with Gasteiger partial charge in [0.15, 0.2) is 0 Å². The lowest BCUT2D eigenvalue weighted by Crippen LogP contribution is -2.20. The van der Waals surface area contributed by atoms with Gasteiger partial charge in [-0.05, 0) is 6.42 Å². The van der Waals surface area contributed by atoms with Gasteiger partial charge in [-0.15, -0.1) is 0 Å². The third-order valence-electron chi connectivity index (χ3n) is 1.80. The zero-order valence-electron chi connectivity index (χ0n) is 8.53. The number of aliphatic hydroxyl groups excluding tert-OH is 2. The van der Waals surface area contributed by atoms with Gasteiger partial charge >= 0.3 is 5.97 Å². The predicted molar refractivity (Wildman–Crippen MR) is 52.7 cm³/mol. The lowest BCUT2D eigenvalue weighted by molar-refractivity contribution is -0.140. The molecule has 0 amide bonds. The highest BCUT2D eigenvalue weighted by Crippen LogP contribution is 2.06. The average molecular weight is 202 g/mol. The third-order valence-corrected chi connectivity index (χ3v) is 1.80. The minimum Gasteiger partial charge on any atom is -0.462 e. The quantitative estimate of drug-likeness (QED) is 0.361. The number of esters is 1. The van der Waals surface area contributed by atoms with Crippen molar-refractivity contribution >= 4 is 5.97 Å². The molecule has 0 aliphatic heterocycles. The van der Waals surface area contributed by atoms with Gasteiger partial charge < -0.3 is 14.9 Å². The van der Waals surface area contributed by atoms with Crippen LogP contribution in [0.4, 0.5) is 0 Å². The summed E-state index contributed by atoms with van der Waals surface area (Å²) in [6.07, 6.45) is 0.851. The van der Waals surface area contributed by atoms with Crippen LogP contribution in [0, 0.1) is 0 Å². The minimum atomic E-state index is -1.01. The Balaban J connectivity index is 3.81. The summed E-state index contributed by atoms with van der Waals surface area (Å²) >= 11 is 0. The molecule has 0 saturated heterocycles. The number of aliphatic hydroxyl groups is 2. The molecule has 0 bridgehead atoms. The first-order chi connectivity index (χ1) is 6.63. The number of hydrogen-bond acceptors (Lipinski definition) is 4. The Bertz CT molecular complexity index is 189. The summed E-state index contributed by atoms with van der Waals surface area (Å²) in [5, 5.41) is 17.8. The Morgan fingerprint density at radius 3 is 2.71 bits per heavy atom. The summed E-state index contributed by atoms with van der Waals surface area (Å²) < 4.78 is 4.83. The smallest absolute Gasteiger partial charge is 0.336 e. The molecule has 0 aliphatic rings. The zero-order chi connectivity index (χ0) is 11.0. The van der Waals surface area contributed by atoms with Gasteiger partial charge in [-0.1, -0.05) is 19.9 Å². The molecule has 4 nitrogen and oxygen atoms in total. The van der Waals surface area contributed by atoms with Crippen LogP contribution in [0.3, 0.4) is 0 Å². The number of rotatable bonds is 7. The van der Waals surface area contributed by atoms with E-state index in [0.717, 1.165) is 12.8 Å². The van der Waals surface area contributed by atoms with Crippen LogP contribution in [0.25, 0.3) is 0 Å². The molecule has 82 valence electrons. The van der Waals surface area contributed by atoms with Crippen LogP contribution in [-0.4, -0.2) is 35.5 Å². The van der Waals surface area contributed by atoms with Gasteiger partial charge in [0.1, 0.15) is 0 Å². The monoisotopic (exact) mass is 202 g/mol. The van der Waals surface area contributed by atoms with Crippen LogP contribution in [0.2, 0.25) is 0 Å². The van der Waals surface area contributed by atoms with E-state index in [9.17, 15) is 9.90 Å². The van der Waals surface area contributed by atoms with Gasteiger partial charge in [-0.3, -0.25) is 0 Å². The van der Waals surface area contributed by atoms with Gasteiger partial charge in [0.05, 0.1) is 18.3 Å². The molecule has 0 fully saturated rings. The first-order valence-corrected chi connectivity index (χ1v) is 4.78. The maximum atomic E-state index is 11.2. The molecule has 0 radical (unpaired) electrons. The lowest BCUT2D eigenvalue weighted by Gasteiger charge is -2.11. The average Bonchev–Trinajstić information content (AvgIpc) is 2.17. The molecular weight excluding hydrogens is 184 g/mol. The lowest BCUT2D eigenvalue weighted by atomic mass is 10.1. The molecule has 0 aromatic heterocycles. The highest BCUT2D eigenvalue weighted by Gasteiger charge is 2.16. The fourth-order valence-electron chi connectivity index (χ4n) is 0.834. The van der Waals surface area contributed by atoms with E-state index in [1.807, 2.05) is 6.92 Å². The Labute approximate surface area is 84.2 Å². The van der Waals surface area contributed by atoms with Crippen molar-refractivity contribution in [3.05, 3.63) is 12.2 Å². The summed E-state index contributed by atoms with van der Waals surface area (Å²) in [5.74, 6) is -0.584. The minimum absolute atomic E-state index is 0.00940. The van der Waals surface area contributed by atoms with E-state index < -0.39 is 12.1 Å². The molecule has 0 aromatic carbocycles. The summed E-state index contributed by atoms with van der Waals surface area (Å²) in [4.78, 5) is 11.2. The van der Waals surface area contributed by atoms with E-state index in [2.05, 4.69) is 6.58 Å². The summed E-state index contributed by atoms with van der Waals surface area (Å²) in [6, 6.07) is 0. The van der Waals surface area contributed by atoms with Crippen molar-refractivity contribution in [3.8, 4) is 0 Å². The van der Waals surface area contributed by atoms with Gasteiger partial charge in [0.2, 0.25) is 0 Å². The zero-order valence-corrected chi connectivity index (χ0v) is 8.53. The normalized spacial score (nSPS) is 12.2. The predicted octanol–water partition coefficient (Wildman–Crippen LogP) is 0.629. The van der Waals surface area contributed by atoms with Gasteiger partial charge in [0, 0.05) is 13.0 Å². The molecule has 0 heterocycles. The highest BCUT2D eigenvalue weighted by molar-refractivity contribution is 5.88. The fraction of sp³-hybridized carbons (Fsp3) is 0.700. The number of ether oxygens (including phenoxy) is 1. The summed E-state index contributed by atoms with van der Waals surface area (Å²) in [6.45, 7) is 5.57. The molecule has 0 spiro atoms. The summed E-state index contributed by atoms with van der Waals surface area (Å²) in [7, 11) is 0. The van der Waals surface area contributed by atoms with E-state index in [0.29, 0.717) is 6.61 Å². The van der Waals surface area contributed by atoms with Crippen LogP contribution >= 0.6 is 0 Å². The second-order valence-corrected chi connectivity index (χ2v) is 3.04. The van der Waals surface area contributed by atoms with E-state index in [1.165, 1.54) is 0 Å². The maximum Gasteiger partial charge on any atom is 0.336 e. The van der Waals surface area contributed by atoms with Crippen molar-refractivity contribution in [2.45, 2.75) is 32.3 Å². The van der Waals surface area contributed by atoms with E-state index in [-0.39, 0.29) is 18.6 Å². The second kappa shape index (κ2) is 7.53. The van der Waals surface area contributed by atoms with Gasteiger partial charge in [-0.2, -0.15) is 0 Å². The largest absolute Gasteiger partial charge is 0.462 e. The van der Waals surface area contributed by atoms with Crippen molar-refractivity contribution in [2.75, 3.05) is 13.2 Å². The number of carbonyl (C=O) groups is 1. The topological polar surface area (TPSA) is 66.8 Å². The van der Waals surface area contributed by atoms with Crippen LogP contribution in [0.5, 0.6) is 0 Å². The van der Waals surface area contributed by atoms with Gasteiger partial charge in [0.25, 0.3) is 0 Å². The maximum absolute atomic E-state index is 11.2. The van der Waals surface area contributed by atoms with Crippen molar-refractivity contribution < 1.29 is 19.7 Å². The van der Waals surface area contributed by atoms with Crippen molar-refractivity contribution in [1.82, 2.24) is 0 Å². The van der Waals surface area contributed by atoms with Crippen LogP contribution in [0.15, 0.2) is 12.2 Å². The molecular formula is C10H18O4. The van der Waals surface area contributed by atoms with Gasteiger partial charge in [-0.25, -0.2) is 4.79 Å². The molecule has 2 N–H and O–H groups in total. The first-order valence-electron chi connectivity index (χ1n) is 4.78. The van der Waals surface area contributed by atoms with E-state index in [4.69, 9.17) is 9.84 Å². The van der Waals surface area contributed by atoms with E-state index >= 15 is 0 Å². The second-order valence-electron chi connectivity index (χ2n) is 3.04.